The van der Waals surface area contributed by atoms with Crippen LogP contribution in [0.1, 0.15) is 5.56 Å². The molecule has 0 aromatic heterocycles. The summed E-state index contributed by atoms with van der Waals surface area (Å²) in [6, 6.07) is 2.59. The molecule has 0 heterocycles. The maximum absolute atomic E-state index is 13.1. The highest BCUT2D eigenvalue weighted by atomic mass is 32.2. The summed E-state index contributed by atoms with van der Waals surface area (Å²) in [6.07, 6.45) is 0. The predicted octanol–water partition coefficient (Wildman–Crippen LogP) is -0.490. The summed E-state index contributed by atoms with van der Waals surface area (Å²) >= 11 is 0. The van der Waals surface area contributed by atoms with Gasteiger partial charge in [0.25, 0.3) is 0 Å². The Kier molecular flexibility index (Phi) is 5.15. The van der Waals surface area contributed by atoms with Gasteiger partial charge in [-0.3, -0.25) is 4.79 Å². The van der Waals surface area contributed by atoms with Crippen molar-refractivity contribution in [2.24, 2.45) is 0 Å². The van der Waals surface area contributed by atoms with Crippen LogP contribution >= 0.6 is 0 Å². The molecular weight excluding hydrogens is 291 g/mol. The van der Waals surface area contributed by atoms with Gasteiger partial charge >= 0.3 is 5.97 Å². The summed E-state index contributed by atoms with van der Waals surface area (Å²) in [6.45, 7) is -0.807. The van der Waals surface area contributed by atoms with Crippen molar-refractivity contribution >= 4 is 16.0 Å². The van der Waals surface area contributed by atoms with Crippen molar-refractivity contribution in [3.8, 4) is 6.07 Å². The van der Waals surface area contributed by atoms with Gasteiger partial charge in [0.05, 0.1) is 24.2 Å². The van der Waals surface area contributed by atoms with Crippen molar-refractivity contribution in [1.82, 2.24) is 4.72 Å². The van der Waals surface area contributed by atoms with E-state index in [2.05, 4.69) is 4.74 Å². The average molecular weight is 302 g/mol. The third-order valence-corrected chi connectivity index (χ3v) is 3.80. The Labute approximate surface area is 114 Å². The second kappa shape index (κ2) is 6.42. The predicted molar refractivity (Wildman–Crippen MR) is 64.3 cm³/mol. The maximum atomic E-state index is 13.1. The zero-order chi connectivity index (χ0) is 15.3. The van der Waals surface area contributed by atoms with Crippen LogP contribution in [0.5, 0.6) is 0 Å². The maximum Gasteiger partial charge on any atom is 0.326 e. The number of halogens is 1. The lowest BCUT2D eigenvalue weighted by molar-refractivity contribution is -0.143. The number of sulfonamides is 1. The lowest BCUT2D eigenvalue weighted by Crippen LogP contribution is -2.43. The van der Waals surface area contributed by atoms with E-state index in [9.17, 15) is 17.6 Å². The van der Waals surface area contributed by atoms with Crippen molar-refractivity contribution in [3.05, 3.63) is 29.6 Å². The normalized spacial score (nSPS) is 12.5. The molecule has 0 bridgehead atoms. The highest BCUT2D eigenvalue weighted by Gasteiger charge is 2.26. The van der Waals surface area contributed by atoms with Crippen molar-refractivity contribution in [3.63, 3.8) is 0 Å². The Morgan fingerprint density at radius 2 is 2.25 bits per heavy atom. The quantitative estimate of drug-likeness (QED) is 0.709. The highest BCUT2D eigenvalue weighted by molar-refractivity contribution is 7.89. The smallest absolute Gasteiger partial charge is 0.326 e. The number of hydrogen-bond donors (Lipinski definition) is 2. The van der Waals surface area contributed by atoms with E-state index >= 15 is 0 Å². The first-order valence-corrected chi connectivity index (χ1v) is 6.74. The van der Waals surface area contributed by atoms with E-state index in [0.29, 0.717) is 0 Å². The van der Waals surface area contributed by atoms with Crippen molar-refractivity contribution in [1.29, 1.82) is 5.26 Å². The molecule has 1 unspecified atom stereocenters. The summed E-state index contributed by atoms with van der Waals surface area (Å²) in [5, 5.41) is 17.6. The zero-order valence-corrected chi connectivity index (χ0v) is 11.1. The zero-order valence-electron chi connectivity index (χ0n) is 10.3. The van der Waals surface area contributed by atoms with Crippen molar-refractivity contribution in [2.75, 3.05) is 13.7 Å². The van der Waals surface area contributed by atoms with E-state index in [1.165, 1.54) is 6.07 Å². The Morgan fingerprint density at radius 3 is 2.75 bits per heavy atom. The molecule has 7 nitrogen and oxygen atoms in total. The molecule has 0 spiro atoms. The number of benzene rings is 1. The fourth-order valence-corrected chi connectivity index (χ4v) is 2.52. The molecule has 0 amide bonds. The van der Waals surface area contributed by atoms with Gasteiger partial charge in [0.2, 0.25) is 10.0 Å². The Bertz CT molecular complexity index is 653. The molecule has 108 valence electrons. The Morgan fingerprint density at radius 1 is 1.60 bits per heavy atom. The number of aliphatic hydroxyl groups is 1. The van der Waals surface area contributed by atoms with Crippen LogP contribution in [0.2, 0.25) is 0 Å². The molecule has 0 aliphatic rings. The Balaban J connectivity index is 3.11. The van der Waals surface area contributed by atoms with Gasteiger partial charge in [-0.2, -0.15) is 9.98 Å². The summed E-state index contributed by atoms with van der Waals surface area (Å²) < 4.78 is 43.2. The first-order valence-electron chi connectivity index (χ1n) is 5.26. The molecule has 0 saturated heterocycles. The van der Waals surface area contributed by atoms with Crippen molar-refractivity contribution in [2.45, 2.75) is 10.9 Å². The third kappa shape index (κ3) is 3.51. The van der Waals surface area contributed by atoms with Crippen LogP contribution in [-0.4, -0.2) is 39.3 Å². The SMILES string of the molecule is COC(=O)C(CO)NS(=O)(=O)c1ccc(F)c(C#N)c1. The summed E-state index contributed by atoms with van der Waals surface area (Å²) in [5.41, 5.74) is -0.452. The molecule has 2 N–H and O–H groups in total. The number of methoxy groups -OCH3 is 1. The number of rotatable bonds is 5. The molecule has 0 radical (unpaired) electrons. The van der Waals surface area contributed by atoms with Gasteiger partial charge in [-0.05, 0) is 18.2 Å². The van der Waals surface area contributed by atoms with Crippen molar-refractivity contribution < 1.29 is 27.4 Å². The van der Waals surface area contributed by atoms with Crippen LogP contribution < -0.4 is 4.72 Å². The van der Waals surface area contributed by atoms with Gasteiger partial charge in [0.1, 0.15) is 17.9 Å². The molecular formula is C11H11FN2O5S. The summed E-state index contributed by atoms with van der Waals surface area (Å²) in [4.78, 5) is 10.8. The number of nitrogens with one attached hydrogen (secondary N) is 1. The lowest BCUT2D eigenvalue weighted by atomic mass is 10.2. The van der Waals surface area contributed by atoms with Gasteiger partial charge in [-0.1, -0.05) is 0 Å². The van der Waals surface area contributed by atoms with Gasteiger partial charge in [-0.15, -0.1) is 0 Å². The fourth-order valence-electron chi connectivity index (χ4n) is 1.31. The number of carbonyl (C=O) groups is 1. The number of ether oxygens (including phenoxy) is 1. The standard InChI is InChI=1S/C11H11FN2O5S/c1-19-11(16)10(6-15)14-20(17,18)8-2-3-9(12)7(4-8)5-13/h2-4,10,14-15H,6H2,1H3. The largest absolute Gasteiger partial charge is 0.468 e. The van der Waals surface area contributed by atoms with E-state index in [1.54, 1.807) is 0 Å². The first-order chi connectivity index (χ1) is 9.35. The van der Waals surface area contributed by atoms with Gasteiger partial charge in [-0.25, -0.2) is 12.8 Å². The molecule has 1 atom stereocenters. The molecule has 0 fully saturated rings. The fraction of sp³-hybridized carbons (Fsp3) is 0.273. The van der Waals surface area contributed by atoms with E-state index in [4.69, 9.17) is 10.4 Å². The first kappa shape index (κ1) is 16.0. The second-order valence-electron chi connectivity index (χ2n) is 3.63. The minimum atomic E-state index is -4.20. The van der Waals surface area contributed by atoms with E-state index in [0.717, 1.165) is 25.3 Å². The van der Waals surface area contributed by atoms with E-state index < -0.39 is 44.9 Å². The number of aliphatic hydroxyl groups excluding tert-OH is 1. The van der Waals surface area contributed by atoms with Gasteiger partial charge < -0.3 is 9.84 Å². The number of nitriles is 1. The molecule has 0 aliphatic heterocycles. The van der Waals surface area contributed by atoms with Crippen LogP contribution in [0.4, 0.5) is 4.39 Å². The van der Waals surface area contributed by atoms with Crippen LogP contribution in [0.15, 0.2) is 23.1 Å². The highest BCUT2D eigenvalue weighted by Crippen LogP contribution is 2.14. The molecule has 20 heavy (non-hydrogen) atoms. The second-order valence-corrected chi connectivity index (χ2v) is 5.35. The van der Waals surface area contributed by atoms with Gasteiger partial charge in [0.15, 0.2) is 0 Å². The Hall–Kier alpha value is -2.02. The number of carbonyl (C=O) groups excluding carboxylic acids is 1. The van der Waals surface area contributed by atoms with Crippen LogP contribution in [-0.2, 0) is 19.6 Å². The minimum absolute atomic E-state index is 0.405. The lowest BCUT2D eigenvalue weighted by Gasteiger charge is -2.14. The topological polar surface area (TPSA) is 116 Å². The van der Waals surface area contributed by atoms with Crippen LogP contribution in [0, 0.1) is 17.1 Å². The molecule has 9 heteroatoms. The summed E-state index contributed by atoms with van der Waals surface area (Å²) in [7, 11) is -3.17. The minimum Gasteiger partial charge on any atom is -0.468 e. The number of esters is 1. The average Bonchev–Trinajstić information content (AvgIpc) is 2.44. The van der Waals surface area contributed by atoms with E-state index in [1.807, 2.05) is 4.72 Å². The number of nitrogens with zero attached hydrogens (tertiary/aromatic N) is 1. The van der Waals surface area contributed by atoms with Gasteiger partial charge in [0, 0.05) is 0 Å². The van der Waals surface area contributed by atoms with E-state index in [-0.39, 0.29) is 0 Å². The molecule has 0 saturated carbocycles. The van der Waals surface area contributed by atoms with Crippen LogP contribution in [0.3, 0.4) is 0 Å². The third-order valence-electron chi connectivity index (χ3n) is 2.33. The molecule has 0 aliphatic carbocycles. The van der Waals surface area contributed by atoms with Crippen LogP contribution in [0.25, 0.3) is 0 Å². The monoisotopic (exact) mass is 302 g/mol. The summed E-state index contributed by atoms with van der Waals surface area (Å²) in [5.74, 6) is -1.84. The molecule has 1 aromatic carbocycles. The number of hydrogen-bond acceptors (Lipinski definition) is 6. The molecule has 1 aromatic rings. The molecule has 1 rings (SSSR count).